The minimum atomic E-state index is -0.443. The van der Waals surface area contributed by atoms with Crippen LogP contribution in [-0.2, 0) is 4.79 Å². The molecule has 1 fully saturated rings. The van der Waals surface area contributed by atoms with E-state index >= 15 is 0 Å². The van der Waals surface area contributed by atoms with Crippen molar-refractivity contribution in [2.45, 2.75) is 17.5 Å². The van der Waals surface area contributed by atoms with Crippen LogP contribution in [0.25, 0.3) is 11.0 Å². The topological polar surface area (TPSA) is 102 Å². The molecule has 26 heavy (non-hydrogen) atoms. The van der Waals surface area contributed by atoms with Crippen molar-refractivity contribution in [3.8, 4) is 5.75 Å². The van der Waals surface area contributed by atoms with Gasteiger partial charge in [-0.3, -0.25) is 14.7 Å². The standard InChI is InChI=1S/C18H23N4O3S/c1-25-13-4-5-14-15(9-13)21-16(10-20-14)26-8-7-22-6-2-3-12(11-23)17(22)18(19)24/h3-5,9-10,12,17,23H,2,6-8,11H2,1H3,(H2,19,24). The van der Waals surface area contributed by atoms with Crippen LogP contribution in [0, 0.1) is 12.3 Å². The summed E-state index contributed by atoms with van der Waals surface area (Å²) in [5, 5.41) is 10.3. The smallest absolute Gasteiger partial charge is 0.235 e. The van der Waals surface area contributed by atoms with Crippen LogP contribution in [0.5, 0.6) is 5.75 Å². The molecule has 8 heteroatoms. The number of rotatable bonds is 7. The van der Waals surface area contributed by atoms with E-state index in [0.717, 1.165) is 40.5 Å². The number of aromatic nitrogens is 2. The summed E-state index contributed by atoms with van der Waals surface area (Å²) in [6, 6.07) is 5.16. The van der Waals surface area contributed by atoms with E-state index in [4.69, 9.17) is 10.5 Å². The third kappa shape index (κ3) is 4.25. The van der Waals surface area contributed by atoms with Gasteiger partial charge in [-0.05, 0) is 31.5 Å². The molecule has 1 aromatic heterocycles. The van der Waals surface area contributed by atoms with Crippen molar-refractivity contribution in [2.24, 2.45) is 11.7 Å². The van der Waals surface area contributed by atoms with Crippen LogP contribution in [-0.4, -0.2) is 64.5 Å². The Hall–Kier alpha value is -1.90. The number of carbonyl (C=O) groups excluding carboxylic acids is 1. The maximum absolute atomic E-state index is 11.8. The summed E-state index contributed by atoms with van der Waals surface area (Å²) in [5.41, 5.74) is 7.15. The number of amides is 1. The number of likely N-dealkylation sites (tertiary alicyclic amines) is 1. The number of primary amides is 1. The zero-order valence-electron chi connectivity index (χ0n) is 14.7. The number of hydrogen-bond donors (Lipinski definition) is 2. The van der Waals surface area contributed by atoms with Crippen molar-refractivity contribution in [3.63, 3.8) is 0 Å². The van der Waals surface area contributed by atoms with Crippen molar-refractivity contribution >= 4 is 28.7 Å². The number of carbonyl (C=O) groups is 1. The number of aliphatic hydroxyl groups excluding tert-OH is 1. The summed E-state index contributed by atoms with van der Waals surface area (Å²) in [4.78, 5) is 22.9. The highest BCUT2D eigenvalue weighted by molar-refractivity contribution is 7.99. The molecule has 139 valence electrons. The predicted molar refractivity (Wildman–Crippen MR) is 101 cm³/mol. The van der Waals surface area contributed by atoms with Gasteiger partial charge >= 0.3 is 0 Å². The lowest BCUT2D eigenvalue weighted by molar-refractivity contribution is -0.126. The van der Waals surface area contributed by atoms with Crippen molar-refractivity contribution in [3.05, 3.63) is 30.8 Å². The highest BCUT2D eigenvalue weighted by atomic mass is 32.2. The Bertz CT molecular complexity index is 773. The maximum atomic E-state index is 11.8. The second-order valence-electron chi connectivity index (χ2n) is 6.17. The zero-order chi connectivity index (χ0) is 18.5. The van der Waals surface area contributed by atoms with Crippen LogP contribution in [0.4, 0.5) is 0 Å². The third-order valence-electron chi connectivity index (χ3n) is 4.54. The van der Waals surface area contributed by atoms with Gasteiger partial charge in [-0.15, -0.1) is 11.8 Å². The van der Waals surface area contributed by atoms with Crippen LogP contribution >= 0.6 is 11.8 Å². The third-order valence-corrected chi connectivity index (χ3v) is 5.42. The molecular formula is C18H23N4O3S. The molecule has 1 saturated heterocycles. The largest absolute Gasteiger partial charge is 0.497 e. The predicted octanol–water partition coefficient (Wildman–Crippen LogP) is 1.10. The molecule has 0 spiro atoms. The van der Waals surface area contributed by atoms with Gasteiger partial charge in [0.1, 0.15) is 10.8 Å². The fourth-order valence-corrected chi connectivity index (χ4v) is 4.07. The quantitative estimate of drug-likeness (QED) is 0.699. The number of ether oxygens (including phenoxy) is 1. The van der Waals surface area contributed by atoms with Gasteiger partial charge in [-0.1, -0.05) is 0 Å². The molecule has 2 atom stereocenters. The molecule has 2 aromatic rings. The van der Waals surface area contributed by atoms with Crippen molar-refractivity contribution in [1.29, 1.82) is 0 Å². The highest BCUT2D eigenvalue weighted by Gasteiger charge is 2.34. The number of nitrogens with two attached hydrogens (primary N) is 1. The minimum Gasteiger partial charge on any atom is -0.497 e. The molecule has 3 rings (SSSR count). The monoisotopic (exact) mass is 375 g/mol. The molecule has 7 nitrogen and oxygen atoms in total. The summed E-state index contributed by atoms with van der Waals surface area (Å²) >= 11 is 1.58. The van der Waals surface area contributed by atoms with Gasteiger partial charge < -0.3 is 15.6 Å². The molecule has 2 unspecified atom stereocenters. The van der Waals surface area contributed by atoms with Gasteiger partial charge in [0.15, 0.2) is 0 Å². The Balaban J connectivity index is 1.63. The summed E-state index contributed by atoms with van der Waals surface area (Å²) < 4.78 is 5.23. The second-order valence-corrected chi connectivity index (χ2v) is 7.28. The average molecular weight is 375 g/mol. The number of aliphatic hydroxyl groups is 1. The van der Waals surface area contributed by atoms with E-state index < -0.39 is 6.04 Å². The molecular weight excluding hydrogens is 352 g/mol. The Morgan fingerprint density at radius 3 is 3.04 bits per heavy atom. The van der Waals surface area contributed by atoms with Crippen molar-refractivity contribution in [2.75, 3.05) is 32.6 Å². The number of fused-ring (bicyclic) bond motifs is 1. The summed E-state index contributed by atoms with van der Waals surface area (Å²) in [6.45, 7) is 1.40. The van der Waals surface area contributed by atoms with Gasteiger partial charge in [0.05, 0.1) is 30.4 Å². The SMILES string of the molecule is COc1ccc2ncc(SCCN3CC[CH]C(CO)C3C(N)=O)nc2c1. The maximum Gasteiger partial charge on any atom is 0.235 e. The van der Waals surface area contributed by atoms with E-state index in [2.05, 4.69) is 9.97 Å². The minimum absolute atomic E-state index is 0.0603. The van der Waals surface area contributed by atoms with Crippen LogP contribution in [0.2, 0.25) is 0 Å². The van der Waals surface area contributed by atoms with Gasteiger partial charge in [0.2, 0.25) is 5.91 Å². The molecule has 3 N–H and O–H groups in total. The van der Waals surface area contributed by atoms with E-state index in [1.807, 2.05) is 29.5 Å². The Kier molecular flexibility index (Phi) is 6.29. The normalized spacial score (nSPS) is 21.0. The zero-order valence-corrected chi connectivity index (χ0v) is 15.5. The lowest BCUT2D eigenvalue weighted by Crippen LogP contribution is -2.54. The van der Waals surface area contributed by atoms with Crippen LogP contribution in [0.1, 0.15) is 6.42 Å². The molecule has 0 aliphatic carbocycles. The summed E-state index contributed by atoms with van der Waals surface area (Å²) in [7, 11) is 1.62. The molecule has 0 saturated carbocycles. The first-order valence-corrected chi connectivity index (χ1v) is 9.52. The summed E-state index contributed by atoms with van der Waals surface area (Å²) in [5.74, 6) is 0.922. The van der Waals surface area contributed by atoms with Gasteiger partial charge in [-0.25, -0.2) is 4.98 Å². The first kappa shape index (κ1) is 18.9. The molecule has 1 aromatic carbocycles. The van der Waals surface area contributed by atoms with E-state index in [9.17, 15) is 9.90 Å². The number of thioether (sulfide) groups is 1. The molecule has 1 aliphatic heterocycles. The average Bonchev–Trinajstić information content (AvgIpc) is 2.66. The lowest BCUT2D eigenvalue weighted by atomic mass is 9.89. The van der Waals surface area contributed by atoms with E-state index in [-0.39, 0.29) is 18.4 Å². The highest BCUT2D eigenvalue weighted by Crippen LogP contribution is 2.25. The number of piperidine rings is 1. The van der Waals surface area contributed by atoms with Crippen LogP contribution in [0.15, 0.2) is 29.4 Å². The van der Waals surface area contributed by atoms with Crippen LogP contribution in [0.3, 0.4) is 0 Å². The first-order chi connectivity index (χ1) is 12.6. The van der Waals surface area contributed by atoms with E-state index in [1.165, 1.54) is 0 Å². The van der Waals surface area contributed by atoms with Crippen LogP contribution < -0.4 is 10.5 Å². The number of hydrogen-bond acceptors (Lipinski definition) is 7. The Morgan fingerprint density at radius 2 is 2.31 bits per heavy atom. The Labute approximate surface area is 156 Å². The Morgan fingerprint density at radius 1 is 1.46 bits per heavy atom. The fourth-order valence-electron chi connectivity index (χ4n) is 3.25. The number of benzene rings is 1. The summed E-state index contributed by atoms with van der Waals surface area (Å²) in [6.07, 6.45) is 4.59. The molecule has 1 amide bonds. The number of nitrogens with zero attached hydrogens (tertiary/aromatic N) is 3. The molecule has 0 bridgehead atoms. The van der Waals surface area contributed by atoms with Gasteiger partial charge in [0, 0.05) is 30.9 Å². The second kappa shape index (κ2) is 8.66. The fraction of sp³-hybridized carbons (Fsp3) is 0.444. The van der Waals surface area contributed by atoms with Gasteiger partial charge in [0.25, 0.3) is 0 Å². The van der Waals surface area contributed by atoms with E-state index in [1.54, 1.807) is 25.1 Å². The van der Waals surface area contributed by atoms with Gasteiger partial charge in [-0.2, -0.15) is 0 Å². The molecule has 2 heterocycles. The number of methoxy groups -OCH3 is 1. The lowest BCUT2D eigenvalue weighted by Gasteiger charge is -2.38. The van der Waals surface area contributed by atoms with Crippen molar-refractivity contribution < 1.29 is 14.6 Å². The molecule has 1 radical (unpaired) electrons. The first-order valence-electron chi connectivity index (χ1n) is 8.53. The van der Waals surface area contributed by atoms with Crippen molar-refractivity contribution in [1.82, 2.24) is 14.9 Å². The van der Waals surface area contributed by atoms with E-state index in [0.29, 0.717) is 6.54 Å². The molecule has 1 aliphatic rings.